The van der Waals surface area contributed by atoms with Gasteiger partial charge in [0, 0.05) is 31.1 Å². The molecular formula is C13H20N2O. The molecule has 0 aliphatic carbocycles. The number of fused-ring (bicyclic) bond motifs is 1. The van der Waals surface area contributed by atoms with Crippen LogP contribution < -0.4 is 10.5 Å². The molecule has 0 amide bonds. The second-order valence-electron chi connectivity index (χ2n) is 4.23. The van der Waals surface area contributed by atoms with Crippen LogP contribution in [0.4, 0.5) is 0 Å². The second-order valence-corrected chi connectivity index (χ2v) is 4.23. The Morgan fingerprint density at radius 1 is 1.44 bits per heavy atom. The van der Waals surface area contributed by atoms with Gasteiger partial charge in [-0.2, -0.15) is 0 Å². The minimum Gasteiger partial charge on any atom is -0.493 e. The Balaban J connectivity index is 2.02. The van der Waals surface area contributed by atoms with Gasteiger partial charge in [-0.15, -0.1) is 0 Å². The van der Waals surface area contributed by atoms with Crippen molar-refractivity contribution >= 4 is 0 Å². The van der Waals surface area contributed by atoms with E-state index in [1.807, 2.05) is 6.07 Å². The van der Waals surface area contributed by atoms with Gasteiger partial charge in [-0.3, -0.25) is 0 Å². The minimum absolute atomic E-state index is 0.502. The molecule has 3 nitrogen and oxygen atoms in total. The third-order valence-electron chi connectivity index (χ3n) is 3.17. The molecule has 0 saturated carbocycles. The van der Waals surface area contributed by atoms with E-state index >= 15 is 0 Å². The van der Waals surface area contributed by atoms with Crippen molar-refractivity contribution in [2.24, 2.45) is 5.73 Å². The number of likely N-dealkylation sites (N-methyl/N-ethyl adjacent to an activating group) is 1. The molecule has 1 aromatic carbocycles. The average Bonchev–Trinajstić information content (AvgIpc) is 2.72. The summed E-state index contributed by atoms with van der Waals surface area (Å²) in [5.74, 6) is 1.55. The molecule has 2 rings (SSSR count). The molecule has 0 spiro atoms. The van der Waals surface area contributed by atoms with Gasteiger partial charge in [0.05, 0.1) is 6.61 Å². The maximum Gasteiger partial charge on any atom is 0.122 e. The zero-order valence-electron chi connectivity index (χ0n) is 9.86. The van der Waals surface area contributed by atoms with Crippen molar-refractivity contribution in [1.29, 1.82) is 0 Å². The first-order valence-electron chi connectivity index (χ1n) is 5.99. The quantitative estimate of drug-likeness (QED) is 0.816. The molecule has 1 unspecified atom stereocenters. The maximum atomic E-state index is 5.68. The predicted octanol–water partition coefficient (Wildman–Crippen LogP) is 1.44. The summed E-state index contributed by atoms with van der Waals surface area (Å²) in [5.41, 5.74) is 6.95. The number of benzene rings is 1. The molecule has 1 aliphatic rings. The lowest BCUT2D eigenvalue weighted by Gasteiger charge is -2.22. The highest BCUT2D eigenvalue weighted by atomic mass is 16.5. The van der Waals surface area contributed by atoms with Crippen LogP contribution in [0.5, 0.6) is 5.75 Å². The Bertz CT molecular complexity index is 340. The van der Waals surface area contributed by atoms with Crippen molar-refractivity contribution < 1.29 is 4.74 Å². The van der Waals surface area contributed by atoms with Gasteiger partial charge in [0.25, 0.3) is 0 Å². The lowest BCUT2D eigenvalue weighted by molar-refractivity contribution is 0.246. The normalized spacial score (nSPS) is 18.6. The standard InChI is InChI=1S/C13H20N2O/c1-2-15(8-7-14)9-11-10-16-13-6-4-3-5-12(11)13/h3-6,11H,2,7-10,14H2,1H3. The number of ether oxygens (including phenoxy) is 1. The molecule has 0 radical (unpaired) electrons. The number of para-hydroxylation sites is 1. The highest BCUT2D eigenvalue weighted by molar-refractivity contribution is 5.39. The van der Waals surface area contributed by atoms with Crippen LogP contribution in [0.25, 0.3) is 0 Å². The van der Waals surface area contributed by atoms with Gasteiger partial charge in [-0.1, -0.05) is 25.1 Å². The molecular weight excluding hydrogens is 200 g/mol. The molecule has 16 heavy (non-hydrogen) atoms. The number of nitrogens with zero attached hydrogens (tertiary/aromatic N) is 1. The molecule has 0 saturated heterocycles. The summed E-state index contributed by atoms with van der Waals surface area (Å²) in [4.78, 5) is 2.39. The zero-order chi connectivity index (χ0) is 11.4. The minimum atomic E-state index is 0.502. The first kappa shape index (κ1) is 11.4. The summed E-state index contributed by atoms with van der Waals surface area (Å²) in [6.45, 7) is 6.77. The molecule has 0 aromatic heterocycles. The van der Waals surface area contributed by atoms with Gasteiger partial charge in [0.2, 0.25) is 0 Å². The van der Waals surface area contributed by atoms with Crippen LogP contribution in [0.3, 0.4) is 0 Å². The van der Waals surface area contributed by atoms with E-state index in [0.717, 1.165) is 38.5 Å². The van der Waals surface area contributed by atoms with Crippen LogP contribution in [-0.4, -0.2) is 37.7 Å². The fourth-order valence-corrected chi connectivity index (χ4v) is 2.25. The summed E-state index contributed by atoms with van der Waals surface area (Å²) in [6, 6.07) is 8.33. The maximum absolute atomic E-state index is 5.68. The molecule has 88 valence electrons. The third kappa shape index (κ3) is 2.36. The van der Waals surface area contributed by atoms with Crippen molar-refractivity contribution in [3.63, 3.8) is 0 Å². The van der Waals surface area contributed by atoms with Crippen LogP contribution in [0.15, 0.2) is 24.3 Å². The van der Waals surface area contributed by atoms with E-state index in [-0.39, 0.29) is 0 Å². The third-order valence-corrected chi connectivity index (χ3v) is 3.17. The zero-order valence-corrected chi connectivity index (χ0v) is 9.86. The summed E-state index contributed by atoms with van der Waals surface area (Å²) in [6.07, 6.45) is 0. The number of rotatable bonds is 5. The van der Waals surface area contributed by atoms with Crippen molar-refractivity contribution in [2.75, 3.05) is 32.8 Å². The van der Waals surface area contributed by atoms with Crippen molar-refractivity contribution in [2.45, 2.75) is 12.8 Å². The number of hydrogen-bond acceptors (Lipinski definition) is 3. The van der Waals surface area contributed by atoms with Crippen LogP contribution >= 0.6 is 0 Å². The summed E-state index contributed by atoms with van der Waals surface area (Å²) >= 11 is 0. The van der Waals surface area contributed by atoms with Crippen molar-refractivity contribution in [3.05, 3.63) is 29.8 Å². The number of nitrogens with two attached hydrogens (primary N) is 1. The molecule has 0 fully saturated rings. The second kappa shape index (κ2) is 5.32. The molecule has 1 heterocycles. The molecule has 0 bridgehead atoms. The number of hydrogen-bond donors (Lipinski definition) is 1. The van der Waals surface area contributed by atoms with E-state index in [4.69, 9.17) is 10.5 Å². The van der Waals surface area contributed by atoms with Gasteiger partial charge in [0.15, 0.2) is 0 Å². The lowest BCUT2D eigenvalue weighted by Crippen LogP contribution is -2.33. The Hall–Kier alpha value is -1.06. The Morgan fingerprint density at radius 3 is 3.00 bits per heavy atom. The van der Waals surface area contributed by atoms with Crippen LogP contribution in [0, 0.1) is 0 Å². The Morgan fingerprint density at radius 2 is 2.25 bits per heavy atom. The van der Waals surface area contributed by atoms with Gasteiger partial charge < -0.3 is 15.4 Å². The average molecular weight is 220 g/mol. The van der Waals surface area contributed by atoms with Gasteiger partial charge in [-0.05, 0) is 12.6 Å². The lowest BCUT2D eigenvalue weighted by atomic mass is 10.0. The summed E-state index contributed by atoms with van der Waals surface area (Å²) in [7, 11) is 0. The van der Waals surface area contributed by atoms with Gasteiger partial charge in [-0.25, -0.2) is 0 Å². The van der Waals surface area contributed by atoms with Crippen LogP contribution in [-0.2, 0) is 0 Å². The summed E-state index contributed by atoms with van der Waals surface area (Å²) in [5, 5.41) is 0. The van der Waals surface area contributed by atoms with Crippen molar-refractivity contribution in [3.8, 4) is 5.75 Å². The van der Waals surface area contributed by atoms with E-state index in [1.165, 1.54) is 5.56 Å². The summed E-state index contributed by atoms with van der Waals surface area (Å²) < 4.78 is 5.68. The fourth-order valence-electron chi connectivity index (χ4n) is 2.25. The highest BCUT2D eigenvalue weighted by Gasteiger charge is 2.24. The van der Waals surface area contributed by atoms with E-state index < -0.39 is 0 Å². The highest BCUT2D eigenvalue weighted by Crippen LogP contribution is 2.33. The molecule has 3 heteroatoms. The monoisotopic (exact) mass is 220 g/mol. The first-order valence-corrected chi connectivity index (χ1v) is 5.99. The van der Waals surface area contributed by atoms with Gasteiger partial charge in [0.1, 0.15) is 5.75 Å². The Kier molecular flexibility index (Phi) is 3.80. The van der Waals surface area contributed by atoms with Crippen LogP contribution in [0.1, 0.15) is 18.4 Å². The van der Waals surface area contributed by atoms with E-state index in [2.05, 4.69) is 30.0 Å². The van der Waals surface area contributed by atoms with E-state index in [1.54, 1.807) is 0 Å². The van der Waals surface area contributed by atoms with E-state index in [0.29, 0.717) is 5.92 Å². The predicted molar refractivity (Wildman–Crippen MR) is 65.8 cm³/mol. The largest absolute Gasteiger partial charge is 0.493 e. The Labute approximate surface area is 97.2 Å². The van der Waals surface area contributed by atoms with Crippen LogP contribution in [0.2, 0.25) is 0 Å². The molecule has 2 N–H and O–H groups in total. The first-order chi connectivity index (χ1) is 7.85. The fraction of sp³-hybridized carbons (Fsp3) is 0.538. The SMILES string of the molecule is CCN(CCN)CC1COc2ccccc21. The van der Waals surface area contributed by atoms with E-state index in [9.17, 15) is 0 Å². The smallest absolute Gasteiger partial charge is 0.122 e. The van der Waals surface area contributed by atoms with Gasteiger partial charge >= 0.3 is 0 Å². The van der Waals surface area contributed by atoms with Crippen molar-refractivity contribution in [1.82, 2.24) is 4.90 Å². The molecule has 1 atom stereocenters. The molecule has 1 aliphatic heterocycles. The topological polar surface area (TPSA) is 38.5 Å². The molecule has 1 aromatic rings.